The first-order valence-corrected chi connectivity index (χ1v) is 5.64. The molecule has 16 heavy (non-hydrogen) atoms. The third kappa shape index (κ3) is 3.35. The highest BCUT2D eigenvalue weighted by Gasteiger charge is 2.08. The van der Waals surface area contributed by atoms with Gasteiger partial charge in [0.2, 0.25) is 0 Å². The van der Waals surface area contributed by atoms with Crippen LogP contribution in [0.25, 0.3) is 0 Å². The molecule has 0 spiro atoms. The summed E-state index contributed by atoms with van der Waals surface area (Å²) in [7, 11) is 0. The van der Waals surface area contributed by atoms with Crippen LogP contribution in [0.5, 0.6) is 5.75 Å². The van der Waals surface area contributed by atoms with E-state index in [1.165, 1.54) is 0 Å². The van der Waals surface area contributed by atoms with Crippen molar-refractivity contribution in [2.45, 2.75) is 39.7 Å². The Morgan fingerprint density at radius 1 is 1.38 bits per heavy atom. The van der Waals surface area contributed by atoms with E-state index in [9.17, 15) is 4.79 Å². The second-order valence-electron chi connectivity index (χ2n) is 3.68. The highest BCUT2D eigenvalue weighted by atomic mass is 16.5. The molecule has 0 amide bonds. The molecule has 0 atom stereocenters. The zero-order valence-electron chi connectivity index (χ0n) is 9.82. The standard InChI is InChI=1S/C13H18O3/c1-3-5-13(15)16-12-7-6-10(9-14)8-11(12)4-2/h6-8,14H,3-5,9H2,1-2H3. The maximum absolute atomic E-state index is 11.4. The minimum Gasteiger partial charge on any atom is -0.426 e. The molecule has 0 fully saturated rings. The molecule has 0 saturated carbocycles. The van der Waals surface area contributed by atoms with Crippen molar-refractivity contribution in [1.29, 1.82) is 0 Å². The van der Waals surface area contributed by atoms with Crippen molar-refractivity contribution in [2.24, 2.45) is 0 Å². The molecule has 0 bridgehead atoms. The van der Waals surface area contributed by atoms with Gasteiger partial charge in [0, 0.05) is 6.42 Å². The molecule has 0 aliphatic heterocycles. The maximum Gasteiger partial charge on any atom is 0.311 e. The highest BCUT2D eigenvalue weighted by molar-refractivity contribution is 5.72. The largest absolute Gasteiger partial charge is 0.426 e. The second kappa shape index (κ2) is 6.28. The molecule has 0 unspecified atom stereocenters. The predicted octanol–water partition coefficient (Wildman–Crippen LogP) is 2.45. The summed E-state index contributed by atoms with van der Waals surface area (Å²) in [5, 5.41) is 9.01. The molecule has 1 rings (SSSR count). The van der Waals surface area contributed by atoms with Gasteiger partial charge in [-0.3, -0.25) is 4.79 Å². The van der Waals surface area contributed by atoms with Crippen LogP contribution in [-0.4, -0.2) is 11.1 Å². The van der Waals surface area contributed by atoms with Crippen LogP contribution in [0.1, 0.15) is 37.8 Å². The SMILES string of the molecule is CCCC(=O)Oc1ccc(CO)cc1CC. The van der Waals surface area contributed by atoms with Crippen LogP contribution in [0.3, 0.4) is 0 Å². The molecule has 1 aromatic rings. The number of aliphatic hydroxyl groups is 1. The average molecular weight is 222 g/mol. The van der Waals surface area contributed by atoms with E-state index in [0.717, 1.165) is 24.0 Å². The predicted molar refractivity (Wildman–Crippen MR) is 62.3 cm³/mol. The maximum atomic E-state index is 11.4. The first kappa shape index (κ1) is 12.7. The molecule has 0 aromatic heterocycles. The van der Waals surface area contributed by atoms with Crippen LogP contribution in [-0.2, 0) is 17.8 Å². The lowest BCUT2D eigenvalue weighted by Crippen LogP contribution is -2.08. The van der Waals surface area contributed by atoms with Crippen molar-refractivity contribution in [1.82, 2.24) is 0 Å². The van der Waals surface area contributed by atoms with Crippen molar-refractivity contribution in [3.05, 3.63) is 29.3 Å². The zero-order valence-corrected chi connectivity index (χ0v) is 9.82. The summed E-state index contributed by atoms with van der Waals surface area (Å²) in [5.41, 5.74) is 1.79. The van der Waals surface area contributed by atoms with Gasteiger partial charge in [-0.15, -0.1) is 0 Å². The number of hydrogen-bond acceptors (Lipinski definition) is 3. The summed E-state index contributed by atoms with van der Waals surface area (Å²) in [6.45, 7) is 3.95. The summed E-state index contributed by atoms with van der Waals surface area (Å²) < 4.78 is 5.26. The van der Waals surface area contributed by atoms with E-state index in [2.05, 4.69) is 0 Å². The van der Waals surface area contributed by atoms with E-state index in [1.807, 2.05) is 19.9 Å². The number of aryl methyl sites for hydroxylation is 1. The van der Waals surface area contributed by atoms with E-state index in [1.54, 1.807) is 12.1 Å². The molecule has 3 nitrogen and oxygen atoms in total. The van der Waals surface area contributed by atoms with Crippen molar-refractivity contribution in [3.8, 4) is 5.75 Å². The number of rotatable bonds is 5. The Morgan fingerprint density at radius 3 is 2.69 bits per heavy atom. The van der Waals surface area contributed by atoms with Crippen molar-refractivity contribution >= 4 is 5.97 Å². The first-order valence-electron chi connectivity index (χ1n) is 5.64. The lowest BCUT2D eigenvalue weighted by atomic mass is 10.1. The summed E-state index contributed by atoms with van der Waals surface area (Å²) >= 11 is 0. The Balaban J connectivity index is 2.83. The van der Waals surface area contributed by atoms with Gasteiger partial charge in [0.05, 0.1) is 6.61 Å². The quantitative estimate of drug-likeness (QED) is 0.615. The van der Waals surface area contributed by atoms with E-state index in [-0.39, 0.29) is 12.6 Å². The van der Waals surface area contributed by atoms with Crippen LogP contribution >= 0.6 is 0 Å². The molecule has 1 aromatic carbocycles. The number of esters is 1. The van der Waals surface area contributed by atoms with Crippen molar-refractivity contribution < 1.29 is 14.6 Å². The van der Waals surface area contributed by atoms with Gasteiger partial charge >= 0.3 is 5.97 Å². The van der Waals surface area contributed by atoms with Gasteiger partial charge in [0.15, 0.2) is 0 Å². The minimum absolute atomic E-state index is 0.0101. The number of hydrogen-bond donors (Lipinski definition) is 1. The molecule has 0 aliphatic rings. The van der Waals surface area contributed by atoms with Gasteiger partial charge in [0.1, 0.15) is 5.75 Å². The van der Waals surface area contributed by atoms with E-state index >= 15 is 0 Å². The Hall–Kier alpha value is -1.35. The Kier molecular flexibility index (Phi) is 4.99. The second-order valence-corrected chi connectivity index (χ2v) is 3.68. The van der Waals surface area contributed by atoms with E-state index in [0.29, 0.717) is 12.2 Å². The van der Waals surface area contributed by atoms with Gasteiger partial charge in [-0.1, -0.05) is 19.9 Å². The van der Waals surface area contributed by atoms with Gasteiger partial charge in [-0.25, -0.2) is 0 Å². The molecule has 88 valence electrons. The number of aliphatic hydroxyl groups excluding tert-OH is 1. The van der Waals surface area contributed by atoms with Crippen molar-refractivity contribution in [2.75, 3.05) is 0 Å². The van der Waals surface area contributed by atoms with Crippen LogP contribution in [0.4, 0.5) is 0 Å². The molecule has 0 saturated heterocycles. The van der Waals surface area contributed by atoms with Gasteiger partial charge in [-0.2, -0.15) is 0 Å². The average Bonchev–Trinajstić information content (AvgIpc) is 2.30. The fraction of sp³-hybridized carbons (Fsp3) is 0.462. The topological polar surface area (TPSA) is 46.5 Å². The van der Waals surface area contributed by atoms with Crippen LogP contribution in [0.15, 0.2) is 18.2 Å². The Labute approximate surface area is 96.1 Å². The fourth-order valence-corrected chi connectivity index (χ4v) is 1.48. The van der Waals surface area contributed by atoms with Crippen LogP contribution in [0.2, 0.25) is 0 Å². The van der Waals surface area contributed by atoms with Crippen molar-refractivity contribution in [3.63, 3.8) is 0 Å². The normalized spacial score (nSPS) is 10.2. The molecular weight excluding hydrogens is 204 g/mol. The summed E-state index contributed by atoms with van der Waals surface area (Å²) in [4.78, 5) is 11.4. The number of benzene rings is 1. The molecular formula is C13H18O3. The fourth-order valence-electron chi connectivity index (χ4n) is 1.48. The molecule has 1 N–H and O–H groups in total. The zero-order chi connectivity index (χ0) is 12.0. The van der Waals surface area contributed by atoms with Gasteiger partial charge in [-0.05, 0) is 36.1 Å². The molecule has 0 radical (unpaired) electrons. The van der Waals surface area contributed by atoms with Crippen LogP contribution in [0, 0.1) is 0 Å². The minimum atomic E-state index is -0.200. The molecule has 3 heteroatoms. The monoisotopic (exact) mass is 222 g/mol. The van der Waals surface area contributed by atoms with Crippen LogP contribution < -0.4 is 4.74 Å². The third-order valence-corrected chi connectivity index (χ3v) is 2.37. The summed E-state index contributed by atoms with van der Waals surface area (Å²) in [6, 6.07) is 5.39. The van der Waals surface area contributed by atoms with Gasteiger partial charge < -0.3 is 9.84 Å². The van der Waals surface area contributed by atoms with Gasteiger partial charge in [0.25, 0.3) is 0 Å². The lowest BCUT2D eigenvalue weighted by Gasteiger charge is -2.09. The first-order chi connectivity index (χ1) is 7.71. The number of carbonyl (C=O) groups is 1. The van der Waals surface area contributed by atoms with E-state index < -0.39 is 0 Å². The Bertz CT molecular complexity index is 358. The summed E-state index contributed by atoms with van der Waals surface area (Å²) in [5.74, 6) is 0.409. The third-order valence-electron chi connectivity index (χ3n) is 2.37. The molecule has 0 aliphatic carbocycles. The molecule has 0 heterocycles. The smallest absolute Gasteiger partial charge is 0.311 e. The Morgan fingerprint density at radius 2 is 2.12 bits per heavy atom. The highest BCUT2D eigenvalue weighted by Crippen LogP contribution is 2.21. The number of ether oxygens (including phenoxy) is 1. The van der Waals surface area contributed by atoms with E-state index in [4.69, 9.17) is 9.84 Å². The lowest BCUT2D eigenvalue weighted by molar-refractivity contribution is -0.134. The summed E-state index contributed by atoms with van der Waals surface area (Å²) in [6.07, 6.45) is 2.00. The number of carbonyl (C=O) groups excluding carboxylic acids is 1.